The van der Waals surface area contributed by atoms with Gasteiger partial charge >= 0.3 is 13.4 Å². The van der Waals surface area contributed by atoms with E-state index in [0.29, 0.717) is 12.8 Å². The van der Waals surface area contributed by atoms with Gasteiger partial charge in [0.25, 0.3) is 0 Å². The van der Waals surface area contributed by atoms with Crippen LogP contribution in [0.15, 0.2) is 43.0 Å². The largest absolute Gasteiger partial charge is 0.635 e. The van der Waals surface area contributed by atoms with Crippen LogP contribution in [0.1, 0.15) is 37.7 Å². The quantitative estimate of drug-likeness (QED) is 0.327. The molecule has 29 heavy (non-hydrogen) atoms. The zero-order chi connectivity index (χ0) is 20.9. The minimum Gasteiger partial charge on any atom is -0.447 e. The maximum atomic E-state index is 12.3. The van der Waals surface area contributed by atoms with E-state index in [1.54, 1.807) is 4.90 Å². The Bertz CT molecular complexity index is 721. The second-order valence-corrected chi connectivity index (χ2v) is 7.56. The van der Waals surface area contributed by atoms with Crippen molar-refractivity contribution in [1.82, 2.24) is 10.2 Å². The summed E-state index contributed by atoms with van der Waals surface area (Å²) in [5.41, 5.74) is 0.550. The predicted octanol–water partition coefficient (Wildman–Crippen LogP) is 1.37. The third-order valence-electron chi connectivity index (χ3n) is 5.75. The number of ether oxygens (including phenoxy) is 1. The lowest BCUT2D eigenvalue weighted by Crippen LogP contribution is -2.49. The molecule has 2 fully saturated rings. The van der Waals surface area contributed by atoms with Crippen molar-refractivity contribution in [1.29, 1.82) is 0 Å². The summed E-state index contributed by atoms with van der Waals surface area (Å²) < 4.78 is 10.4. The molecule has 0 aromatic heterocycles. The van der Waals surface area contributed by atoms with Gasteiger partial charge in [-0.25, -0.2) is 4.79 Å². The van der Waals surface area contributed by atoms with Crippen molar-refractivity contribution in [2.45, 2.75) is 56.3 Å². The number of nitrogens with zero attached hydrogens (tertiary/aromatic N) is 1. The molecule has 0 spiro atoms. The summed E-state index contributed by atoms with van der Waals surface area (Å²) in [6.07, 6.45) is 3.92. The van der Waals surface area contributed by atoms with E-state index in [4.69, 9.17) is 19.4 Å². The van der Waals surface area contributed by atoms with Crippen LogP contribution in [0, 0.1) is 0 Å². The molecule has 3 rings (SSSR count). The minimum absolute atomic E-state index is 0.0853. The van der Waals surface area contributed by atoms with Crippen molar-refractivity contribution >= 4 is 19.3 Å². The summed E-state index contributed by atoms with van der Waals surface area (Å²) in [4.78, 5) is 26.3. The Morgan fingerprint density at radius 1 is 1.31 bits per heavy atom. The monoisotopic (exact) mass is 402 g/mol. The first kappa shape index (κ1) is 21.4. The summed E-state index contributed by atoms with van der Waals surface area (Å²) in [5.74, 6) is -0.138. The van der Waals surface area contributed by atoms with Gasteiger partial charge in [-0.2, -0.15) is 0 Å². The molecule has 3 N–H and O–H groups in total. The number of rotatable bonds is 9. The molecule has 2 aliphatic heterocycles. The first-order valence-electron chi connectivity index (χ1n) is 9.88. The van der Waals surface area contributed by atoms with Crippen LogP contribution in [-0.2, 0) is 20.6 Å². The molecule has 2 heterocycles. The highest BCUT2D eigenvalue weighted by Crippen LogP contribution is 2.46. The highest BCUT2D eigenvalue weighted by molar-refractivity contribution is 6.32. The number of alkyl carbamates (subject to hydrolysis) is 1. The smallest absolute Gasteiger partial charge is 0.447 e. The fraction of sp³-hybridized carbons (Fsp3) is 0.500. The third kappa shape index (κ3) is 5.17. The van der Waals surface area contributed by atoms with Gasteiger partial charge in [0, 0.05) is 6.04 Å². The van der Waals surface area contributed by atoms with Crippen LogP contribution < -0.4 is 5.32 Å². The molecule has 1 aromatic carbocycles. The van der Waals surface area contributed by atoms with E-state index < -0.39 is 25.2 Å². The number of benzene rings is 1. The van der Waals surface area contributed by atoms with E-state index in [-0.39, 0.29) is 18.6 Å². The molecule has 1 aromatic rings. The number of carbonyl (C=O) groups is 2. The number of hydrogen-bond donors (Lipinski definition) is 3. The molecular weight excluding hydrogens is 375 g/mol. The topological polar surface area (TPSA) is 108 Å². The van der Waals surface area contributed by atoms with Gasteiger partial charge in [-0.05, 0) is 50.2 Å². The number of aryl methyl sites for hydroxylation is 1. The summed E-state index contributed by atoms with van der Waals surface area (Å²) in [6.45, 7) is 3.65. The zero-order valence-electron chi connectivity index (χ0n) is 16.3. The van der Waals surface area contributed by atoms with E-state index in [2.05, 4.69) is 11.9 Å². The second-order valence-electron chi connectivity index (χ2n) is 7.56. The Morgan fingerprint density at radius 3 is 2.62 bits per heavy atom. The number of fused-ring (bicyclic) bond motifs is 2. The van der Waals surface area contributed by atoms with Crippen molar-refractivity contribution < 1.29 is 29.0 Å². The average molecular weight is 402 g/mol. The predicted molar refractivity (Wildman–Crippen MR) is 106 cm³/mol. The lowest BCUT2D eigenvalue weighted by Gasteiger charge is -2.34. The Hall–Kier alpha value is -2.36. The normalized spacial score (nSPS) is 23.5. The number of amides is 2. The van der Waals surface area contributed by atoms with E-state index >= 15 is 0 Å². The summed E-state index contributed by atoms with van der Waals surface area (Å²) in [5, 5.41) is 20.8. The molecule has 156 valence electrons. The molecule has 1 atom stereocenters. The maximum Gasteiger partial charge on any atom is 0.635 e. The number of carbonyl (C=O) groups excluding carboxylic acids is 2. The van der Waals surface area contributed by atoms with Crippen LogP contribution in [0.4, 0.5) is 4.79 Å². The minimum atomic E-state index is -2.01. The van der Waals surface area contributed by atoms with E-state index in [1.165, 1.54) is 6.08 Å². The van der Waals surface area contributed by atoms with Crippen molar-refractivity contribution in [2.24, 2.45) is 0 Å². The molecule has 9 heteroatoms. The fourth-order valence-electron chi connectivity index (χ4n) is 4.39. The molecular formula is C20H27BN2O6. The maximum absolute atomic E-state index is 12.3. The van der Waals surface area contributed by atoms with Gasteiger partial charge in [-0.1, -0.05) is 36.9 Å². The molecule has 0 unspecified atom stereocenters. The highest BCUT2D eigenvalue weighted by atomic mass is 16.6. The van der Waals surface area contributed by atoms with Gasteiger partial charge in [0.1, 0.15) is 12.8 Å². The number of nitrogens with one attached hydrogen (secondary N) is 1. The Balaban J connectivity index is 1.54. The molecule has 8 nitrogen and oxygen atoms in total. The van der Waals surface area contributed by atoms with Crippen molar-refractivity contribution in [2.75, 3.05) is 6.61 Å². The molecule has 0 aliphatic carbocycles. The van der Waals surface area contributed by atoms with Crippen molar-refractivity contribution in [3.05, 3.63) is 48.6 Å². The molecule has 0 radical (unpaired) electrons. The first-order chi connectivity index (χ1) is 13.9. The Labute approximate surface area is 170 Å². The van der Waals surface area contributed by atoms with Gasteiger partial charge in [-0.15, -0.1) is 0 Å². The van der Waals surface area contributed by atoms with E-state index in [9.17, 15) is 9.59 Å². The van der Waals surface area contributed by atoms with Crippen LogP contribution in [0.3, 0.4) is 0 Å². The molecule has 2 aliphatic rings. The lowest BCUT2D eigenvalue weighted by molar-refractivity contribution is -0.131. The molecule has 2 saturated heterocycles. The Kier molecular flexibility index (Phi) is 6.94. The highest BCUT2D eigenvalue weighted by Gasteiger charge is 2.54. The lowest BCUT2D eigenvalue weighted by atomic mass is 9.88. The van der Waals surface area contributed by atoms with Gasteiger partial charge in [0.2, 0.25) is 5.91 Å². The van der Waals surface area contributed by atoms with Crippen LogP contribution in [0.2, 0.25) is 0 Å². The van der Waals surface area contributed by atoms with Crippen LogP contribution in [0.5, 0.6) is 0 Å². The standard InChI is InChI=1S/C20H27BN2O6/c1-2-18(24)23-16-10-12-20(23,13-11-16)14-28-19(25)22-17(29-21(26)27)9-8-15-6-4-3-5-7-15/h2-7,16-17,26-27H,1,8-14H2,(H,22,25)/t16?,17-,20?/m1/s1. The SMILES string of the molecule is C=CC(=O)N1C2CCC1(COC(=O)N[C@@H](CCc1ccccc1)OB(O)O)CC2. The third-order valence-corrected chi connectivity index (χ3v) is 5.75. The Morgan fingerprint density at radius 2 is 2.00 bits per heavy atom. The van der Waals surface area contributed by atoms with Crippen LogP contribution >= 0.6 is 0 Å². The van der Waals surface area contributed by atoms with Gasteiger partial charge in [0.15, 0.2) is 0 Å². The summed E-state index contributed by atoms with van der Waals surface area (Å²) in [7, 11) is -2.01. The first-order valence-corrected chi connectivity index (χ1v) is 9.88. The van der Waals surface area contributed by atoms with Crippen molar-refractivity contribution in [3.8, 4) is 0 Å². The second kappa shape index (κ2) is 9.43. The summed E-state index contributed by atoms with van der Waals surface area (Å²) in [6, 6.07) is 9.76. The van der Waals surface area contributed by atoms with Gasteiger partial charge in [-0.3, -0.25) is 10.1 Å². The number of hydrogen-bond acceptors (Lipinski definition) is 6. The molecule has 2 bridgehead atoms. The average Bonchev–Trinajstić information content (AvgIpc) is 3.26. The van der Waals surface area contributed by atoms with Crippen LogP contribution in [0.25, 0.3) is 0 Å². The van der Waals surface area contributed by atoms with Crippen LogP contribution in [-0.4, -0.2) is 58.7 Å². The zero-order valence-corrected chi connectivity index (χ0v) is 16.3. The van der Waals surface area contributed by atoms with E-state index in [0.717, 1.165) is 31.2 Å². The molecule has 0 saturated carbocycles. The summed E-state index contributed by atoms with van der Waals surface area (Å²) >= 11 is 0. The van der Waals surface area contributed by atoms with Crippen molar-refractivity contribution in [3.63, 3.8) is 0 Å². The van der Waals surface area contributed by atoms with Gasteiger partial charge < -0.3 is 24.3 Å². The molecule has 2 amide bonds. The van der Waals surface area contributed by atoms with E-state index in [1.807, 2.05) is 30.3 Å². The van der Waals surface area contributed by atoms with Gasteiger partial charge in [0.05, 0.1) is 5.54 Å². The fourth-order valence-corrected chi connectivity index (χ4v) is 4.39.